The second kappa shape index (κ2) is 4.78. The predicted octanol–water partition coefficient (Wildman–Crippen LogP) is -0.316. The Kier molecular flexibility index (Phi) is 3.61. The number of nitrogens with zero attached hydrogens (tertiary/aromatic N) is 1. The van der Waals surface area contributed by atoms with Gasteiger partial charge in [0.05, 0.1) is 12.2 Å². The van der Waals surface area contributed by atoms with E-state index in [1.807, 2.05) is 0 Å². The van der Waals surface area contributed by atoms with Crippen molar-refractivity contribution in [3.8, 4) is 0 Å². The van der Waals surface area contributed by atoms with Gasteiger partial charge in [-0.15, -0.1) is 0 Å². The third kappa shape index (κ3) is 2.50. The molecular formula is C11H22N2O2. The maximum Gasteiger partial charge on any atom is 0.0938 e. The maximum absolute atomic E-state index is 9.52. The molecule has 4 unspecified atom stereocenters. The number of hydrogen-bond donors (Lipinski definition) is 3. The number of hydrogen-bond acceptors (Lipinski definition) is 4. The van der Waals surface area contributed by atoms with Crippen molar-refractivity contribution in [1.29, 1.82) is 0 Å². The lowest BCUT2D eigenvalue weighted by Crippen LogP contribution is -2.46. The minimum absolute atomic E-state index is 0.213. The van der Waals surface area contributed by atoms with Crippen LogP contribution in [0.15, 0.2) is 0 Å². The molecule has 4 nitrogen and oxygen atoms in total. The topological polar surface area (TPSA) is 69.7 Å². The quantitative estimate of drug-likeness (QED) is 0.523. The van der Waals surface area contributed by atoms with Gasteiger partial charge in [-0.2, -0.15) is 0 Å². The van der Waals surface area contributed by atoms with E-state index < -0.39 is 12.2 Å². The molecule has 88 valence electrons. The van der Waals surface area contributed by atoms with E-state index >= 15 is 0 Å². The highest BCUT2D eigenvalue weighted by Crippen LogP contribution is 2.24. The van der Waals surface area contributed by atoms with Crippen LogP contribution in [-0.2, 0) is 0 Å². The van der Waals surface area contributed by atoms with E-state index in [-0.39, 0.29) is 6.04 Å². The molecule has 0 bridgehead atoms. The minimum atomic E-state index is -0.583. The summed E-state index contributed by atoms with van der Waals surface area (Å²) >= 11 is 0. The van der Waals surface area contributed by atoms with Crippen LogP contribution in [0.1, 0.15) is 32.1 Å². The standard InChI is InChI=1S/C11H22N2O2/c12-8-4-2-1-3-5-9(8)13-6-10(14)11(15)7-13/h8-11,14-15H,1-7,12H2. The lowest BCUT2D eigenvalue weighted by Gasteiger charge is -2.30. The first-order valence-electron chi connectivity index (χ1n) is 6.04. The fourth-order valence-electron chi connectivity index (χ4n) is 2.84. The van der Waals surface area contributed by atoms with Gasteiger partial charge in [0.1, 0.15) is 0 Å². The summed E-state index contributed by atoms with van der Waals surface area (Å²) in [7, 11) is 0. The first kappa shape index (κ1) is 11.3. The molecule has 1 heterocycles. The van der Waals surface area contributed by atoms with Crippen LogP contribution in [0.2, 0.25) is 0 Å². The average molecular weight is 214 g/mol. The molecule has 0 aromatic rings. The number of aliphatic hydroxyl groups excluding tert-OH is 2. The average Bonchev–Trinajstić information content (AvgIpc) is 2.41. The van der Waals surface area contributed by atoms with Crippen molar-refractivity contribution in [3.63, 3.8) is 0 Å². The van der Waals surface area contributed by atoms with E-state index in [4.69, 9.17) is 5.73 Å². The molecule has 1 aliphatic heterocycles. The first-order valence-corrected chi connectivity index (χ1v) is 6.04. The monoisotopic (exact) mass is 214 g/mol. The normalized spacial score (nSPS) is 44.2. The molecule has 0 aromatic heterocycles. The Hall–Kier alpha value is -0.160. The highest BCUT2D eigenvalue weighted by Gasteiger charge is 2.36. The van der Waals surface area contributed by atoms with E-state index in [0.717, 1.165) is 12.8 Å². The van der Waals surface area contributed by atoms with Gasteiger partial charge < -0.3 is 15.9 Å². The van der Waals surface area contributed by atoms with Crippen molar-refractivity contribution >= 4 is 0 Å². The van der Waals surface area contributed by atoms with Crippen LogP contribution in [-0.4, -0.2) is 52.5 Å². The largest absolute Gasteiger partial charge is 0.389 e. The lowest BCUT2D eigenvalue weighted by atomic mass is 10.0. The minimum Gasteiger partial charge on any atom is -0.389 e. The summed E-state index contributed by atoms with van der Waals surface area (Å²) in [6, 6.07) is 0.573. The van der Waals surface area contributed by atoms with Gasteiger partial charge in [-0.3, -0.25) is 4.90 Å². The molecule has 4 heteroatoms. The molecule has 4 atom stereocenters. The van der Waals surface area contributed by atoms with Crippen molar-refractivity contribution in [1.82, 2.24) is 4.90 Å². The van der Waals surface area contributed by atoms with Crippen molar-refractivity contribution in [2.45, 2.75) is 56.4 Å². The second-order valence-corrected chi connectivity index (χ2v) is 4.96. The van der Waals surface area contributed by atoms with Crippen LogP contribution < -0.4 is 5.73 Å². The molecule has 0 amide bonds. The summed E-state index contributed by atoms with van der Waals surface area (Å²) in [6.07, 6.45) is 4.73. The van der Waals surface area contributed by atoms with Gasteiger partial charge >= 0.3 is 0 Å². The van der Waals surface area contributed by atoms with E-state index in [0.29, 0.717) is 19.1 Å². The molecule has 1 saturated heterocycles. The molecular weight excluding hydrogens is 192 g/mol. The zero-order valence-electron chi connectivity index (χ0n) is 9.18. The predicted molar refractivity (Wildman–Crippen MR) is 58.4 cm³/mol. The Morgan fingerprint density at radius 1 is 0.933 bits per heavy atom. The Morgan fingerprint density at radius 3 is 2.20 bits per heavy atom. The van der Waals surface area contributed by atoms with E-state index in [9.17, 15) is 10.2 Å². The Balaban J connectivity index is 1.96. The van der Waals surface area contributed by atoms with Crippen LogP contribution in [0.3, 0.4) is 0 Å². The lowest BCUT2D eigenvalue weighted by molar-refractivity contribution is 0.0572. The van der Waals surface area contributed by atoms with Gasteiger partial charge in [-0.25, -0.2) is 0 Å². The first-order chi connectivity index (χ1) is 7.18. The number of rotatable bonds is 1. The molecule has 15 heavy (non-hydrogen) atoms. The molecule has 2 aliphatic rings. The van der Waals surface area contributed by atoms with Crippen molar-refractivity contribution < 1.29 is 10.2 Å². The molecule has 1 aliphatic carbocycles. The van der Waals surface area contributed by atoms with E-state index in [1.165, 1.54) is 19.3 Å². The van der Waals surface area contributed by atoms with Gasteiger partial charge in [-0.05, 0) is 12.8 Å². The zero-order valence-corrected chi connectivity index (χ0v) is 9.18. The second-order valence-electron chi connectivity index (χ2n) is 4.96. The summed E-state index contributed by atoms with van der Waals surface area (Å²) in [4.78, 5) is 2.17. The van der Waals surface area contributed by atoms with Crippen LogP contribution in [0, 0.1) is 0 Å². The van der Waals surface area contributed by atoms with E-state index in [2.05, 4.69) is 4.90 Å². The highest BCUT2D eigenvalue weighted by molar-refractivity contribution is 4.92. The number of β-amino-alcohol motifs (C(OH)–C–C–N with tert-alkyl or cyclic N) is 2. The van der Waals surface area contributed by atoms with Crippen LogP contribution >= 0.6 is 0 Å². The maximum atomic E-state index is 9.52. The Bertz CT molecular complexity index is 203. The summed E-state index contributed by atoms with van der Waals surface area (Å²) in [6.45, 7) is 1.17. The smallest absolute Gasteiger partial charge is 0.0938 e. The van der Waals surface area contributed by atoms with Crippen molar-refractivity contribution in [2.75, 3.05) is 13.1 Å². The molecule has 2 rings (SSSR count). The van der Waals surface area contributed by atoms with Gasteiger partial charge in [0.2, 0.25) is 0 Å². The van der Waals surface area contributed by atoms with E-state index in [1.54, 1.807) is 0 Å². The summed E-state index contributed by atoms with van der Waals surface area (Å²) in [5.74, 6) is 0. The molecule has 0 aromatic carbocycles. The Morgan fingerprint density at radius 2 is 1.53 bits per heavy atom. The SMILES string of the molecule is NC1CCCCCC1N1CC(O)C(O)C1. The highest BCUT2D eigenvalue weighted by atomic mass is 16.3. The van der Waals surface area contributed by atoms with Gasteiger partial charge in [-0.1, -0.05) is 19.3 Å². The van der Waals surface area contributed by atoms with Crippen molar-refractivity contribution in [2.24, 2.45) is 5.73 Å². The Labute approximate surface area is 91.1 Å². The third-order valence-corrected chi connectivity index (χ3v) is 3.79. The number of aliphatic hydroxyl groups is 2. The molecule has 0 spiro atoms. The molecule has 2 fully saturated rings. The summed E-state index contributed by atoms with van der Waals surface area (Å²) in [5, 5.41) is 19.0. The number of likely N-dealkylation sites (tertiary alicyclic amines) is 1. The molecule has 4 N–H and O–H groups in total. The van der Waals surface area contributed by atoms with Crippen LogP contribution in [0.25, 0.3) is 0 Å². The van der Waals surface area contributed by atoms with Gasteiger partial charge in [0.25, 0.3) is 0 Å². The zero-order chi connectivity index (χ0) is 10.8. The molecule has 0 radical (unpaired) electrons. The number of nitrogens with two attached hydrogens (primary N) is 1. The van der Waals surface area contributed by atoms with Crippen LogP contribution in [0.5, 0.6) is 0 Å². The van der Waals surface area contributed by atoms with Crippen molar-refractivity contribution in [3.05, 3.63) is 0 Å². The fourth-order valence-corrected chi connectivity index (χ4v) is 2.84. The van der Waals surface area contributed by atoms with Gasteiger partial charge in [0, 0.05) is 25.2 Å². The summed E-state index contributed by atoms with van der Waals surface area (Å²) < 4.78 is 0. The molecule has 1 saturated carbocycles. The summed E-state index contributed by atoms with van der Waals surface area (Å²) in [5.41, 5.74) is 6.14. The fraction of sp³-hybridized carbons (Fsp3) is 1.00. The van der Waals surface area contributed by atoms with Crippen LogP contribution in [0.4, 0.5) is 0 Å². The van der Waals surface area contributed by atoms with Gasteiger partial charge in [0.15, 0.2) is 0 Å². The third-order valence-electron chi connectivity index (χ3n) is 3.79.